The van der Waals surface area contributed by atoms with Crippen molar-refractivity contribution in [2.45, 2.75) is 51.3 Å². The van der Waals surface area contributed by atoms with Crippen molar-refractivity contribution in [1.82, 2.24) is 0 Å². The summed E-state index contributed by atoms with van der Waals surface area (Å²) in [5.74, 6) is -0.958. The van der Waals surface area contributed by atoms with Crippen LogP contribution < -0.4 is 11.5 Å². The Morgan fingerprint density at radius 1 is 1.27 bits per heavy atom. The van der Waals surface area contributed by atoms with E-state index < -0.39 is 30.2 Å². The third kappa shape index (κ3) is 2.51. The average molecular weight is 214 g/mol. The summed E-state index contributed by atoms with van der Waals surface area (Å²) in [7, 11) is -0.567. The van der Waals surface area contributed by atoms with E-state index in [-0.39, 0.29) is 6.42 Å². The van der Waals surface area contributed by atoms with Crippen LogP contribution in [-0.2, 0) is 14.1 Å². The monoisotopic (exact) mass is 214 g/mol. The van der Waals surface area contributed by atoms with Gasteiger partial charge >= 0.3 is 7.12 Å². The number of nitrogens with two attached hydrogens (primary N) is 2. The summed E-state index contributed by atoms with van der Waals surface area (Å²) < 4.78 is 11.3. The number of carbonyl (C=O) groups is 1. The lowest BCUT2D eigenvalue weighted by atomic mass is 9.77. The van der Waals surface area contributed by atoms with Gasteiger partial charge in [0.1, 0.15) is 0 Å². The molecule has 0 aliphatic carbocycles. The number of primary amides is 1. The van der Waals surface area contributed by atoms with Crippen molar-refractivity contribution in [3.63, 3.8) is 0 Å². The Morgan fingerprint density at radius 3 is 2.00 bits per heavy atom. The number of carbonyl (C=O) groups excluding carboxylic acids is 1. The molecule has 15 heavy (non-hydrogen) atoms. The number of hydrogen-bond acceptors (Lipinski definition) is 4. The lowest BCUT2D eigenvalue weighted by molar-refractivity contribution is -0.118. The van der Waals surface area contributed by atoms with Gasteiger partial charge in [0.05, 0.1) is 11.2 Å². The van der Waals surface area contributed by atoms with Gasteiger partial charge in [-0.15, -0.1) is 0 Å². The molecular weight excluding hydrogens is 195 g/mol. The molecule has 4 N–H and O–H groups in total. The Balaban J connectivity index is 2.66. The summed E-state index contributed by atoms with van der Waals surface area (Å²) in [5, 5.41) is 0. The van der Waals surface area contributed by atoms with Gasteiger partial charge in [0.2, 0.25) is 5.91 Å². The zero-order valence-corrected chi connectivity index (χ0v) is 9.74. The zero-order valence-electron chi connectivity index (χ0n) is 9.74. The van der Waals surface area contributed by atoms with Crippen LogP contribution in [-0.4, -0.2) is 30.2 Å². The van der Waals surface area contributed by atoms with Crippen molar-refractivity contribution in [3.8, 4) is 0 Å². The van der Waals surface area contributed by atoms with E-state index in [1.54, 1.807) is 0 Å². The first-order valence-corrected chi connectivity index (χ1v) is 5.05. The smallest absolute Gasteiger partial charge is 0.402 e. The van der Waals surface area contributed by atoms with Crippen molar-refractivity contribution in [3.05, 3.63) is 0 Å². The summed E-state index contributed by atoms with van der Waals surface area (Å²) >= 11 is 0. The highest BCUT2D eigenvalue weighted by atomic mass is 16.7. The van der Waals surface area contributed by atoms with E-state index in [4.69, 9.17) is 20.8 Å². The number of amides is 1. The highest BCUT2D eigenvalue weighted by Crippen LogP contribution is 2.37. The molecule has 86 valence electrons. The summed E-state index contributed by atoms with van der Waals surface area (Å²) in [6.45, 7) is 7.74. The van der Waals surface area contributed by atoms with Crippen molar-refractivity contribution in [2.24, 2.45) is 11.5 Å². The van der Waals surface area contributed by atoms with E-state index in [9.17, 15) is 4.79 Å². The first kappa shape index (κ1) is 12.5. The molecule has 0 bridgehead atoms. The molecule has 0 aromatic rings. The molecule has 1 aliphatic heterocycles. The van der Waals surface area contributed by atoms with E-state index in [0.717, 1.165) is 0 Å². The van der Waals surface area contributed by atoms with Gasteiger partial charge in [-0.25, -0.2) is 0 Å². The molecule has 6 heteroatoms. The highest BCUT2D eigenvalue weighted by molar-refractivity contribution is 6.47. The molecule has 1 atom stereocenters. The zero-order chi connectivity index (χ0) is 11.9. The SMILES string of the molecule is CC1(C)OB(C(N)CC(N)=O)OC1(C)C. The maximum atomic E-state index is 10.7. The Labute approximate surface area is 90.6 Å². The average Bonchev–Trinajstić information content (AvgIpc) is 2.20. The van der Waals surface area contributed by atoms with Crippen molar-refractivity contribution in [2.75, 3.05) is 0 Å². The topological polar surface area (TPSA) is 87.6 Å². The molecule has 0 aromatic carbocycles. The first-order chi connectivity index (χ1) is 6.66. The molecule has 0 aromatic heterocycles. The van der Waals surface area contributed by atoms with Gasteiger partial charge < -0.3 is 20.8 Å². The van der Waals surface area contributed by atoms with Crippen LogP contribution in [0.2, 0.25) is 0 Å². The molecular formula is C9H19BN2O3. The maximum Gasteiger partial charge on any atom is 0.476 e. The Kier molecular flexibility index (Phi) is 3.14. The number of rotatable bonds is 3. The van der Waals surface area contributed by atoms with Gasteiger partial charge in [-0.3, -0.25) is 4.79 Å². The fourth-order valence-electron chi connectivity index (χ4n) is 1.39. The second-order valence-electron chi connectivity index (χ2n) is 4.96. The van der Waals surface area contributed by atoms with E-state index in [2.05, 4.69) is 0 Å². The quantitative estimate of drug-likeness (QED) is 0.638. The van der Waals surface area contributed by atoms with Crippen LogP contribution in [0.4, 0.5) is 0 Å². The Bertz CT molecular complexity index is 252. The Morgan fingerprint density at radius 2 is 1.67 bits per heavy atom. The van der Waals surface area contributed by atoms with Crippen LogP contribution >= 0.6 is 0 Å². The van der Waals surface area contributed by atoms with Gasteiger partial charge in [0.25, 0.3) is 0 Å². The predicted molar refractivity (Wildman–Crippen MR) is 57.9 cm³/mol. The fourth-order valence-corrected chi connectivity index (χ4v) is 1.39. The summed E-state index contributed by atoms with van der Waals surface area (Å²) in [6.07, 6.45) is 0.0663. The molecule has 1 aliphatic rings. The minimum absolute atomic E-state index is 0.0663. The van der Waals surface area contributed by atoms with E-state index in [0.29, 0.717) is 0 Å². The first-order valence-electron chi connectivity index (χ1n) is 5.05. The Hall–Kier alpha value is -0.585. The minimum atomic E-state index is -0.567. The van der Waals surface area contributed by atoms with Crippen molar-refractivity contribution in [1.29, 1.82) is 0 Å². The third-order valence-corrected chi connectivity index (χ3v) is 3.06. The second kappa shape index (κ2) is 3.77. The van der Waals surface area contributed by atoms with Gasteiger partial charge in [-0.1, -0.05) is 0 Å². The second-order valence-corrected chi connectivity index (χ2v) is 4.96. The normalized spacial score (nSPS) is 25.3. The predicted octanol–water partition coefficient (Wildman–Crippen LogP) is -0.179. The van der Waals surface area contributed by atoms with Gasteiger partial charge in [0.15, 0.2) is 0 Å². The summed E-state index contributed by atoms with van der Waals surface area (Å²) in [6, 6.07) is 0. The standard InChI is InChI=1S/C9H19BN2O3/c1-8(2)9(3,4)15-10(14-8)6(11)5-7(12)13/h6H,5,11H2,1-4H3,(H2,12,13). The van der Waals surface area contributed by atoms with Crippen LogP contribution in [0, 0.1) is 0 Å². The molecule has 1 amide bonds. The molecule has 0 radical (unpaired) electrons. The molecule has 5 nitrogen and oxygen atoms in total. The molecule has 1 fully saturated rings. The largest absolute Gasteiger partial charge is 0.476 e. The lowest BCUT2D eigenvalue weighted by Crippen LogP contribution is -2.44. The molecule has 1 saturated heterocycles. The molecule has 0 saturated carbocycles. The third-order valence-electron chi connectivity index (χ3n) is 3.06. The van der Waals surface area contributed by atoms with Crippen molar-refractivity contribution >= 4 is 13.0 Å². The van der Waals surface area contributed by atoms with Crippen molar-refractivity contribution < 1.29 is 14.1 Å². The maximum absolute atomic E-state index is 10.7. The van der Waals surface area contributed by atoms with Crippen LogP contribution in [0.15, 0.2) is 0 Å². The summed E-state index contributed by atoms with van der Waals surface area (Å²) in [4.78, 5) is 10.7. The van der Waals surface area contributed by atoms with E-state index in [1.165, 1.54) is 0 Å². The molecule has 0 spiro atoms. The number of hydrogen-bond donors (Lipinski definition) is 2. The fraction of sp³-hybridized carbons (Fsp3) is 0.889. The molecule has 1 rings (SSSR count). The van der Waals surface area contributed by atoms with Gasteiger partial charge in [-0.05, 0) is 27.7 Å². The van der Waals surface area contributed by atoms with Crippen LogP contribution in [0.1, 0.15) is 34.1 Å². The van der Waals surface area contributed by atoms with Gasteiger partial charge in [-0.2, -0.15) is 0 Å². The van der Waals surface area contributed by atoms with Crippen LogP contribution in [0.25, 0.3) is 0 Å². The van der Waals surface area contributed by atoms with Gasteiger partial charge in [0, 0.05) is 12.4 Å². The van der Waals surface area contributed by atoms with E-state index in [1.807, 2.05) is 27.7 Å². The van der Waals surface area contributed by atoms with Crippen LogP contribution in [0.5, 0.6) is 0 Å². The molecule has 1 heterocycles. The van der Waals surface area contributed by atoms with E-state index >= 15 is 0 Å². The minimum Gasteiger partial charge on any atom is -0.402 e. The lowest BCUT2D eigenvalue weighted by Gasteiger charge is -2.32. The summed E-state index contributed by atoms with van der Waals surface area (Å²) in [5.41, 5.74) is 9.99. The highest BCUT2D eigenvalue weighted by Gasteiger charge is 2.53. The van der Waals surface area contributed by atoms with Crippen LogP contribution in [0.3, 0.4) is 0 Å². The molecule has 1 unspecified atom stereocenters.